The lowest BCUT2D eigenvalue weighted by atomic mass is 9.83. The van der Waals surface area contributed by atoms with Crippen LogP contribution in [0.2, 0.25) is 0 Å². The van der Waals surface area contributed by atoms with E-state index in [0.29, 0.717) is 19.4 Å². The number of aliphatic hydroxyl groups is 1. The molecule has 1 fully saturated rings. The summed E-state index contributed by atoms with van der Waals surface area (Å²) >= 11 is 0. The second kappa shape index (κ2) is 4.45. The Bertz CT molecular complexity index is 150. The highest BCUT2D eigenvalue weighted by molar-refractivity contribution is 5.73. The molecule has 0 unspecified atom stereocenters. The summed E-state index contributed by atoms with van der Waals surface area (Å²) in [6.07, 6.45) is 2.88. The molecule has 1 aliphatic rings. The highest BCUT2D eigenvalue weighted by atomic mass is 16.5. The predicted octanol–water partition coefficient (Wildman–Crippen LogP) is 1.10. The fourth-order valence-corrected chi connectivity index (χ4v) is 1.22. The van der Waals surface area contributed by atoms with Crippen LogP contribution >= 0.6 is 0 Å². The van der Waals surface area contributed by atoms with Crippen molar-refractivity contribution < 1.29 is 14.6 Å². The van der Waals surface area contributed by atoms with Gasteiger partial charge in [-0.15, -0.1) is 0 Å². The van der Waals surface area contributed by atoms with Crippen LogP contribution in [0.4, 0.5) is 0 Å². The molecule has 3 nitrogen and oxygen atoms in total. The molecule has 1 aliphatic carbocycles. The van der Waals surface area contributed by atoms with Crippen molar-refractivity contribution in [3.05, 3.63) is 0 Å². The molecule has 12 heavy (non-hydrogen) atoms. The number of esters is 1. The predicted molar refractivity (Wildman–Crippen MR) is 44.6 cm³/mol. The van der Waals surface area contributed by atoms with Crippen LogP contribution in [0, 0.1) is 5.92 Å². The summed E-state index contributed by atoms with van der Waals surface area (Å²) in [5.41, 5.74) is 0. The van der Waals surface area contributed by atoms with Crippen LogP contribution < -0.4 is 0 Å². The zero-order valence-corrected chi connectivity index (χ0v) is 7.45. The lowest BCUT2D eigenvalue weighted by molar-refractivity contribution is -0.155. The van der Waals surface area contributed by atoms with Gasteiger partial charge in [-0.25, -0.2) is 0 Å². The summed E-state index contributed by atoms with van der Waals surface area (Å²) in [6.45, 7) is 2.59. The molecule has 1 rings (SSSR count). The van der Waals surface area contributed by atoms with Gasteiger partial charge >= 0.3 is 5.97 Å². The zero-order valence-electron chi connectivity index (χ0n) is 7.45. The van der Waals surface area contributed by atoms with Crippen LogP contribution in [0.25, 0.3) is 0 Å². The second-order valence-corrected chi connectivity index (χ2v) is 3.34. The lowest BCUT2D eigenvalue weighted by Crippen LogP contribution is -2.35. The van der Waals surface area contributed by atoms with Crippen LogP contribution in [0.15, 0.2) is 0 Å². The first-order valence-electron chi connectivity index (χ1n) is 4.58. The van der Waals surface area contributed by atoms with Crippen molar-refractivity contribution in [2.45, 2.75) is 38.7 Å². The highest BCUT2D eigenvalue weighted by Crippen LogP contribution is 2.28. The monoisotopic (exact) mass is 172 g/mol. The van der Waals surface area contributed by atoms with Gasteiger partial charge in [0.2, 0.25) is 0 Å². The maximum atomic E-state index is 11.1. The number of aliphatic hydroxyl groups excluding tert-OH is 1. The van der Waals surface area contributed by atoms with Crippen molar-refractivity contribution in [2.75, 3.05) is 6.61 Å². The Hall–Kier alpha value is -0.570. The summed E-state index contributed by atoms with van der Waals surface area (Å²) in [6, 6.07) is 0. The van der Waals surface area contributed by atoms with E-state index in [1.165, 1.54) is 0 Å². The summed E-state index contributed by atoms with van der Waals surface area (Å²) in [5.74, 6) is -0.161. The maximum absolute atomic E-state index is 11.1. The van der Waals surface area contributed by atoms with Gasteiger partial charge in [0.15, 0.2) is 0 Å². The van der Waals surface area contributed by atoms with E-state index in [4.69, 9.17) is 9.84 Å². The third-order valence-electron chi connectivity index (χ3n) is 2.19. The van der Waals surface area contributed by atoms with Crippen molar-refractivity contribution in [1.82, 2.24) is 0 Å². The Morgan fingerprint density at radius 1 is 1.58 bits per heavy atom. The van der Waals surface area contributed by atoms with Crippen LogP contribution in [0.1, 0.15) is 32.6 Å². The van der Waals surface area contributed by atoms with Crippen LogP contribution in [0.5, 0.6) is 0 Å². The molecule has 0 aromatic rings. The van der Waals surface area contributed by atoms with Gasteiger partial charge in [0.25, 0.3) is 0 Å². The molecule has 0 radical (unpaired) electrons. The largest absolute Gasteiger partial charge is 0.465 e. The van der Waals surface area contributed by atoms with E-state index in [9.17, 15) is 4.79 Å². The summed E-state index contributed by atoms with van der Waals surface area (Å²) in [7, 11) is 0. The van der Waals surface area contributed by atoms with Gasteiger partial charge in [-0.1, -0.05) is 13.3 Å². The molecule has 0 spiro atoms. The standard InChI is InChI=1S/C9H16O3/c1-2-3-4-12-9(11)7-5-8(10)6-7/h7-8,10H,2-6H2,1H3/t7-,8+. The molecule has 0 atom stereocenters. The third-order valence-corrected chi connectivity index (χ3v) is 2.19. The van der Waals surface area contributed by atoms with Gasteiger partial charge in [-0.05, 0) is 19.3 Å². The fraction of sp³-hybridized carbons (Fsp3) is 0.889. The van der Waals surface area contributed by atoms with Crippen molar-refractivity contribution in [3.8, 4) is 0 Å². The topological polar surface area (TPSA) is 46.5 Å². The first-order valence-corrected chi connectivity index (χ1v) is 4.58. The molecular weight excluding hydrogens is 156 g/mol. The number of hydrogen-bond donors (Lipinski definition) is 1. The van der Waals surface area contributed by atoms with Crippen LogP contribution in [0.3, 0.4) is 0 Å². The Morgan fingerprint density at radius 3 is 2.75 bits per heavy atom. The van der Waals surface area contributed by atoms with Gasteiger partial charge in [0.05, 0.1) is 18.6 Å². The smallest absolute Gasteiger partial charge is 0.309 e. The van der Waals surface area contributed by atoms with E-state index < -0.39 is 0 Å². The van der Waals surface area contributed by atoms with Crippen LogP contribution in [-0.4, -0.2) is 23.8 Å². The first-order chi connectivity index (χ1) is 5.74. The Balaban J connectivity index is 2.04. The molecule has 0 aromatic carbocycles. The highest BCUT2D eigenvalue weighted by Gasteiger charge is 2.34. The van der Waals surface area contributed by atoms with Crippen molar-refractivity contribution >= 4 is 5.97 Å². The lowest BCUT2D eigenvalue weighted by Gasteiger charge is -2.29. The molecule has 70 valence electrons. The van der Waals surface area contributed by atoms with E-state index in [2.05, 4.69) is 6.92 Å². The molecule has 1 N–H and O–H groups in total. The SMILES string of the molecule is CCCCOC(=O)[C@H]1C[C@@H](O)C1. The minimum atomic E-state index is -0.270. The minimum Gasteiger partial charge on any atom is -0.465 e. The number of carbonyl (C=O) groups excluding carboxylic acids is 1. The third kappa shape index (κ3) is 2.48. The van der Waals surface area contributed by atoms with Gasteiger partial charge in [0.1, 0.15) is 0 Å². The number of unbranched alkanes of at least 4 members (excludes halogenated alkanes) is 1. The number of hydrogen-bond acceptors (Lipinski definition) is 3. The normalized spacial score (nSPS) is 27.8. The van der Waals surface area contributed by atoms with Gasteiger partial charge in [0, 0.05) is 0 Å². The van der Waals surface area contributed by atoms with Gasteiger partial charge in [-0.2, -0.15) is 0 Å². The fourth-order valence-electron chi connectivity index (χ4n) is 1.22. The van der Waals surface area contributed by atoms with E-state index in [1.54, 1.807) is 0 Å². The van der Waals surface area contributed by atoms with E-state index in [1.807, 2.05) is 0 Å². The number of ether oxygens (including phenoxy) is 1. The molecule has 0 heterocycles. The van der Waals surface area contributed by atoms with Gasteiger partial charge < -0.3 is 9.84 Å². The number of carbonyl (C=O) groups is 1. The first kappa shape index (κ1) is 9.52. The molecule has 0 bridgehead atoms. The maximum Gasteiger partial charge on any atom is 0.309 e. The quantitative estimate of drug-likeness (QED) is 0.510. The molecule has 1 saturated carbocycles. The van der Waals surface area contributed by atoms with Gasteiger partial charge in [-0.3, -0.25) is 4.79 Å². The van der Waals surface area contributed by atoms with Crippen LogP contribution in [-0.2, 0) is 9.53 Å². The van der Waals surface area contributed by atoms with E-state index in [0.717, 1.165) is 12.8 Å². The van der Waals surface area contributed by atoms with E-state index in [-0.39, 0.29) is 18.0 Å². The molecule has 0 aromatic heterocycles. The molecular formula is C9H16O3. The Labute approximate surface area is 72.7 Å². The Morgan fingerprint density at radius 2 is 2.25 bits per heavy atom. The number of rotatable bonds is 4. The molecule has 0 amide bonds. The Kier molecular flexibility index (Phi) is 3.53. The molecule has 3 heteroatoms. The molecule has 0 saturated heterocycles. The summed E-state index contributed by atoms with van der Waals surface area (Å²) in [5, 5.41) is 8.93. The summed E-state index contributed by atoms with van der Waals surface area (Å²) in [4.78, 5) is 11.1. The average molecular weight is 172 g/mol. The minimum absolute atomic E-state index is 0.0307. The van der Waals surface area contributed by atoms with Crippen molar-refractivity contribution in [3.63, 3.8) is 0 Å². The average Bonchev–Trinajstić information content (AvgIpc) is 1.99. The van der Waals surface area contributed by atoms with Crippen molar-refractivity contribution in [2.24, 2.45) is 5.92 Å². The summed E-state index contributed by atoms with van der Waals surface area (Å²) < 4.78 is 4.98. The second-order valence-electron chi connectivity index (χ2n) is 3.34. The zero-order chi connectivity index (χ0) is 8.97. The van der Waals surface area contributed by atoms with Crippen molar-refractivity contribution in [1.29, 1.82) is 0 Å². The molecule has 0 aliphatic heterocycles. The van der Waals surface area contributed by atoms with E-state index >= 15 is 0 Å².